The van der Waals surface area contributed by atoms with Crippen LogP contribution in [0.3, 0.4) is 0 Å². The Morgan fingerprint density at radius 2 is 1.38 bits per heavy atom. The summed E-state index contributed by atoms with van der Waals surface area (Å²) in [5, 5.41) is 0. The van der Waals surface area contributed by atoms with Gasteiger partial charge in [0.15, 0.2) is 5.85 Å². The quantitative estimate of drug-likeness (QED) is 0.277. The molecule has 0 aliphatic heterocycles. The molecule has 152 valence electrons. The van der Waals surface area contributed by atoms with Crippen LogP contribution in [0.4, 0.5) is 0 Å². The summed E-state index contributed by atoms with van der Waals surface area (Å²) >= 11 is 0. The van der Waals surface area contributed by atoms with Crippen molar-refractivity contribution in [3.8, 4) is 0 Å². The summed E-state index contributed by atoms with van der Waals surface area (Å²) in [6, 6.07) is 0. The molecule has 0 radical (unpaired) electrons. The molecule has 0 aliphatic carbocycles. The van der Waals surface area contributed by atoms with Crippen molar-refractivity contribution in [2.75, 3.05) is 6.35 Å². The van der Waals surface area contributed by atoms with Crippen LogP contribution in [0.5, 0.6) is 0 Å². The fourth-order valence-electron chi connectivity index (χ4n) is 2.13. The summed E-state index contributed by atoms with van der Waals surface area (Å²) < 4.78 is 26.9. The van der Waals surface area contributed by atoms with Crippen LogP contribution in [0.1, 0.15) is 59.8 Å². The fraction of sp³-hybridized carbons (Fsp3) is 0.647. The number of hydrogen-bond donors (Lipinski definition) is 4. The second kappa shape index (κ2) is 12.0. The van der Waals surface area contributed by atoms with E-state index in [2.05, 4.69) is 32.9 Å². The van der Waals surface area contributed by atoms with Crippen molar-refractivity contribution in [2.45, 2.75) is 65.6 Å². The van der Waals surface area contributed by atoms with E-state index in [1.165, 1.54) is 11.1 Å². The lowest BCUT2D eigenvalue weighted by Crippen LogP contribution is -2.13. The highest BCUT2D eigenvalue weighted by Gasteiger charge is 2.31. The number of hydrogen-bond acceptors (Lipinski definition) is 3. The first-order chi connectivity index (χ1) is 11.8. The van der Waals surface area contributed by atoms with Gasteiger partial charge in [-0.3, -0.25) is 9.13 Å². The van der Waals surface area contributed by atoms with E-state index in [0.29, 0.717) is 0 Å². The van der Waals surface area contributed by atoms with Crippen molar-refractivity contribution in [1.29, 1.82) is 0 Å². The molecule has 0 rings (SSSR count). The predicted molar refractivity (Wildman–Crippen MR) is 104 cm³/mol. The molecule has 0 fully saturated rings. The van der Waals surface area contributed by atoms with E-state index >= 15 is 0 Å². The monoisotopic (exact) mass is 410 g/mol. The molecule has 0 spiro atoms. The molecule has 1 atom stereocenters. The van der Waals surface area contributed by atoms with Crippen molar-refractivity contribution < 1.29 is 33.4 Å². The molecule has 0 heterocycles. The lowest BCUT2D eigenvalue weighted by molar-refractivity contribution is 0.109. The lowest BCUT2D eigenvalue weighted by Gasteiger charge is -2.18. The zero-order chi connectivity index (χ0) is 20.4. The van der Waals surface area contributed by atoms with Crippen LogP contribution in [0.25, 0.3) is 0 Å². The summed E-state index contributed by atoms with van der Waals surface area (Å²) in [6.45, 7) is 8.08. The van der Waals surface area contributed by atoms with Crippen LogP contribution in [0.2, 0.25) is 0 Å². The first kappa shape index (κ1) is 25.5. The number of rotatable bonds is 12. The minimum absolute atomic E-state index is 0.0978. The third kappa shape index (κ3) is 14.6. The molecule has 26 heavy (non-hydrogen) atoms. The van der Waals surface area contributed by atoms with Crippen LogP contribution in [0.15, 0.2) is 34.9 Å². The predicted octanol–water partition coefficient (Wildman–Crippen LogP) is 4.45. The van der Waals surface area contributed by atoms with E-state index in [0.717, 1.165) is 31.3 Å². The zero-order valence-electron chi connectivity index (χ0n) is 16.0. The maximum Gasteiger partial charge on any atom is 0.354 e. The molecular formula is C17H32O7P2. The maximum absolute atomic E-state index is 11.4. The van der Waals surface area contributed by atoms with Gasteiger partial charge in [-0.25, -0.2) is 0 Å². The van der Waals surface area contributed by atoms with Crippen LogP contribution >= 0.6 is 15.2 Å². The largest absolute Gasteiger partial charge is 0.354 e. The number of allylic oxidation sites excluding steroid dienone is 5. The van der Waals surface area contributed by atoms with Crippen molar-refractivity contribution in [3.63, 3.8) is 0 Å². The van der Waals surface area contributed by atoms with Gasteiger partial charge in [0.05, 0.1) is 0 Å². The minimum atomic E-state index is -4.61. The van der Waals surface area contributed by atoms with Gasteiger partial charge in [-0.2, -0.15) is 0 Å². The molecule has 0 saturated carbocycles. The molecule has 4 N–H and O–H groups in total. The van der Waals surface area contributed by atoms with Gasteiger partial charge in [-0.15, -0.1) is 0 Å². The molecule has 0 aromatic heterocycles. The Morgan fingerprint density at radius 1 is 0.885 bits per heavy atom. The number of ether oxygens (including phenoxy) is 1. The fourth-order valence-corrected chi connectivity index (χ4v) is 3.27. The normalized spacial score (nSPS) is 15.1. The average molecular weight is 410 g/mol. The SMILES string of the molecule is CC(C)=CCC/C(C)=C/CC/C(C)=C/CC(OCP(=O)(O)O)P(=O)(O)O. The Bertz CT molecular complexity index is 607. The molecule has 9 heteroatoms. The van der Waals surface area contributed by atoms with Gasteiger partial charge in [0.2, 0.25) is 0 Å². The Kier molecular flexibility index (Phi) is 11.8. The summed E-state index contributed by atoms with van der Waals surface area (Å²) in [4.78, 5) is 36.0. The van der Waals surface area contributed by atoms with Crippen LogP contribution in [-0.2, 0) is 13.9 Å². The molecule has 0 aliphatic rings. The summed E-state index contributed by atoms with van der Waals surface area (Å²) in [6.07, 6.45) is 8.48. The third-order valence-electron chi connectivity index (χ3n) is 3.60. The van der Waals surface area contributed by atoms with Gasteiger partial charge in [-0.05, 0) is 53.4 Å². The molecule has 0 aromatic rings. The third-order valence-corrected chi connectivity index (χ3v) is 5.20. The van der Waals surface area contributed by atoms with Gasteiger partial charge < -0.3 is 24.3 Å². The topological polar surface area (TPSA) is 124 Å². The minimum Gasteiger partial charge on any atom is -0.353 e. The van der Waals surface area contributed by atoms with Gasteiger partial charge in [0.1, 0.15) is 6.35 Å². The van der Waals surface area contributed by atoms with Crippen LogP contribution in [0, 0.1) is 0 Å². The van der Waals surface area contributed by atoms with Gasteiger partial charge in [0, 0.05) is 6.42 Å². The Morgan fingerprint density at radius 3 is 1.85 bits per heavy atom. The van der Waals surface area contributed by atoms with Crippen molar-refractivity contribution in [2.24, 2.45) is 0 Å². The van der Waals surface area contributed by atoms with Crippen molar-refractivity contribution >= 4 is 15.2 Å². The second-order valence-electron chi connectivity index (χ2n) is 6.70. The second-order valence-corrected chi connectivity index (χ2v) is 10.0. The van der Waals surface area contributed by atoms with Gasteiger partial charge >= 0.3 is 15.2 Å². The Hall–Kier alpha value is -0.520. The van der Waals surface area contributed by atoms with E-state index in [1.807, 2.05) is 6.92 Å². The molecule has 7 nitrogen and oxygen atoms in total. The van der Waals surface area contributed by atoms with E-state index in [-0.39, 0.29) is 6.42 Å². The molecular weight excluding hydrogens is 378 g/mol. The standard InChI is InChI=1S/C17H32O7P2/c1-14(2)7-5-8-15(3)9-6-10-16(4)11-12-17(26(21,22)23)24-13-25(18,19)20/h7,9,11,17H,5-6,8,10,12-13H2,1-4H3,(H2,18,19,20)(H2,21,22,23)/b15-9+,16-11+. The average Bonchev–Trinajstić information content (AvgIpc) is 2.44. The molecule has 0 aromatic carbocycles. The highest BCUT2D eigenvalue weighted by molar-refractivity contribution is 7.53. The van der Waals surface area contributed by atoms with Crippen molar-refractivity contribution in [3.05, 3.63) is 34.9 Å². The van der Waals surface area contributed by atoms with E-state index in [4.69, 9.17) is 14.5 Å². The van der Waals surface area contributed by atoms with Gasteiger partial charge in [-0.1, -0.05) is 34.9 Å². The highest BCUT2D eigenvalue weighted by Crippen LogP contribution is 2.46. The molecule has 0 saturated heterocycles. The van der Waals surface area contributed by atoms with E-state index < -0.39 is 27.4 Å². The van der Waals surface area contributed by atoms with E-state index in [1.54, 1.807) is 6.08 Å². The first-order valence-electron chi connectivity index (χ1n) is 8.47. The maximum atomic E-state index is 11.4. The van der Waals surface area contributed by atoms with Crippen LogP contribution < -0.4 is 0 Å². The molecule has 0 bridgehead atoms. The van der Waals surface area contributed by atoms with Crippen LogP contribution in [-0.4, -0.2) is 31.8 Å². The Labute approximate surface area is 156 Å². The summed E-state index contributed by atoms with van der Waals surface area (Å²) in [7, 11) is -9.09. The summed E-state index contributed by atoms with van der Waals surface area (Å²) in [5.41, 5.74) is 3.54. The smallest absolute Gasteiger partial charge is 0.353 e. The van der Waals surface area contributed by atoms with Crippen molar-refractivity contribution in [1.82, 2.24) is 0 Å². The van der Waals surface area contributed by atoms with E-state index in [9.17, 15) is 18.9 Å². The summed E-state index contributed by atoms with van der Waals surface area (Å²) in [5.74, 6) is -1.55. The first-order valence-corrected chi connectivity index (χ1v) is 11.9. The lowest BCUT2D eigenvalue weighted by atomic mass is 10.1. The Balaban J connectivity index is 4.52. The molecule has 1 unspecified atom stereocenters. The molecule has 0 amide bonds. The van der Waals surface area contributed by atoms with Gasteiger partial charge in [0.25, 0.3) is 0 Å². The highest BCUT2D eigenvalue weighted by atomic mass is 31.2. The zero-order valence-corrected chi connectivity index (χ0v) is 17.7.